The van der Waals surface area contributed by atoms with Crippen molar-refractivity contribution in [3.8, 4) is 11.6 Å². The standard InChI is InChI=1S/C31H35N9O3/c1-36-15-17-37(18-16-36)24-10-9-22(19-25(24)43-2)33-31-32-20-23-29(35-31)40-26-11-7-21-8-12-27(41)38(28(21)34-26)13-5-3-4-6-14-39(40)30(23)42/h4,6-7,9-11,19-20H,3,5,8,12-18H2,1-2H3,(H,32,33,35)/b6-4-. The summed E-state index contributed by atoms with van der Waals surface area (Å²) < 4.78 is 9.12. The summed E-state index contributed by atoms with van der Waals surface area (Å²) in [6.07, 6.45) is 8.37. The maximum absolute atomic E-state index is 13.6. The van der Waals surface area contributed by atoms with E-state index >= 15 is 0 Å². The Balaban J connectivity index is 1.28. The van der Waals surface area contributed by atoms with Gasteiger partial charge in [-0.3, -0.25) is 14.5 Å². The summed E-state index contributed by atoms with van der Waals surface area (Å²) in [6, 6.07) is 9.89. The summed E-state index contributed by atoms with van der Waals surface area (Å²) in [5.41, 5.74) is 3.10. The van der Waals surface area contributed by atoms with Crippen LogP contribution in [0.4, 0.5) is 23.1 Å². The molecule has 3 aliphatic heterocycles. The minimum absolute atomic E-state index is 0.0795. The minimum Gasteiger partial charge on any atom is -0.495 e. The number of benzene rings is 1. The number of carbonyl (C=O) groups is 1. The number of aryl methyl sites for hydroxylation is 1. The van der Waals surface area contributed by atoms with Crippen molar-refractivity contribution in [2.75, 3.05) is 62.0 Å². The van der Waals surface area contributed by atoms with Crippen LogP contribution in [0.15, 0.2) is 53.5 Å². The Morgan fingerprint density at radius 1 is 0.953 bits per heavy atom. The van der Waals surface area contributed by atoms with Gasteiger partial charge in [0.05, 0.1) is 19.3 Å². The van der Waals surface area contributed by atoms with Crippen molar-refractivity contribution in [2.24, 2.45) is 0 Å². The fourth-order valence-corrected chi connectivity index (χ4v) is 6.08. The van der Waals surface area contributed by atoms with Crippen LogP contribution in [0.25, 0.3) is 16.9 Å². The number of nitrogens with zero attached hydrogens (tertiary/aromatic N) is 8. The van der Waals surface area contributed by atoms with Gasteiger partial charge >= 0.3 is 0 Å². The number of aromatic nitrogens is 5. The van der Waals surface area contributed by atoms with Gasteiger partial charge < -0.3 is 19.9 Å². The third kappa shape index (κ3) is 5.01. The third-order valence-corrected chi connectivity index (χ3v) is 8.48. The van der Waals surface area contributed by atoms with Gasteiger partial charge in [-0.05, 0) is 50.1 Å². The van der Waals surface area contributed by atoms with E-state index in [4.69, 9.17) is 14.7 Å². The van der Waals surface area contributed by atoms with Crippen LogP contribution >= 0.6 is 0 Å². The van der Waals surface area contributed by atoms with E-state index in [-0.39, 0.29) is 11.5 Å². The minimum atomic E-state index is -0.200. The Hall–Kier alpha value is -4.71. The van der Waals surface area contributed by atoms with Crippen LogP contribution in [0.3, 0.4) is 0 Å². The predicted octanol–water partition coefficient (Wildman–Crippen LogP) is 3.11. The molecule has 0 aliphatic carbocycles. The number of carbonyl (C=O) groups excluding carboxylic acids is 1. The average Bonchev–Trinajstić information content (AvgIpc) is 3.29. The quantitative estimate of drug-likeness (QED) is 0.363. The number of fused-ring (bicyclic) bond motifs is 5. The lowest BCUT2D eigenvalue weighted by molar-refractivity contribution is -0.119. The number of anilines is 4. The number of pyridine rings is 1. The molecule has 12 heteroatoms. The monoisotopic (exact) mass is 581 g/mol. The van der Waals surface area contributed by atoms with Crippen LogP contribution in [0.1, 0.15) is 24.8 Å². The number of amides is 1. The molecular formula is C31H35N9O3. The highest BCUT2D eigenvalue weighted by Gasteiger charge is 2.27. The third-order valence-electron chi connectivity index (χ3n) is 8.48. The van der Waals surface area contributed by atoms with Crippen LogP contribution in [-0.2, 0) is 17.8 Å². The molecular weight excluding hydrogens is 546 g/mol. The molecule has 3 aliphatic rings. The Kier molecular flexibility index (Phi) is 7.05. The molecule has 12 nitrogen and oxygen atoms in total. The topological polar surface area (TPSA) is 114 Å². The zero-order chi connectivity index (χ0) is 29.5. The number of piperazine rings is 1. The number of methoxy groups -OCH3 is 1. The van der Waals surface area contributed by atoms with Gasteiger partial charge in [0.15, 0.2) is 11.5 Å². The van der Waals surface area contributed by atoms with Crippen molar-refractivity contribution in [2.45, 2.75) is 32.2 Å². The molecule has 0 spiro atoms. The number of rotatable bonds is 4. The van der Waals surface area contributed by atoms with E-state index in [2.05, 4.69) is 39.3 Å². The van der Waals surface area contributed by atoms with E-state index in [9.17, 15) is 9.59 Å². The summed E-state index contributed by atoms with van der Waals surface area (Å²) in [5, 5.41) is 3.69. The summed E-state index contributed by atoms with van der Waals surface area (Å²) in [5.74, 6) is 2.39. The van der Waals surface area contributed by atoms with Gasteiger partial charge in [0.25, 0.3) is 5.56 Å². The molecule has 1 fully saturated rings. The Morgan fingerprint density at radius 3 is 2.65 bits per heavy atom. The lowest BCUT2D eigenvalue weighted by atomic mass is 10.0. The number of hydrogen-bond acceptors (Lipinski definition) is 9. The van der Waals surface area contributed by atoms with Crippen LogP contribution in [0.2, 0.25) is 0 Å². The molecule has 6 heterocycles. The first-order chi connectivity index (χ1) is 21.0. The summed E-state index contributed by atoms with van der Waals surface area (Å²) in [6.45, 7) is 4.85. The van der Waals surface area contributed by atoms with Crippen molar-refractivity contribution in [3.63, 3.8) is 0 Å². The second-order valence-corrected chi connectivity index (χ2v) is 11.2. The molecule has 222 valence electrons. The van der Waals surface area contributed by atoms with Crippen molar-refractivity contribution in [1.29, 1.82) is 0 Å². The molecule has 0 saturated carbocycles. The SMILES string of the molecule is COc1cc(Nc2ncc3c(=O)n4n(c3n2)-c2ccc3c(n2)N(CCC/C=C\C4)C(=O)CC3)ccc1N1CCN(C)CC1. The predicted molar refractivity (Wildman–Crippen MR) is 166 cm³/mol. The van der Waals surface area contributed by atoms with Crippen LogP contribution in [0, 0.1) is 0 Å². The first kappa shape index (κ1) is 27.1. The first-order valence-electron chi connectivity index (χ1n) is 14.8. The van der Waals surface area contributed by atoms with Crippen molar-refractivity contribution in [1.82, 2.24) is 29.2 Å². The maximum atomic E-state index is 13.6. The highest BCUT2D eigenvalue weighted by atomic mass is 16.5. The van der Waals surface area contributed by atoms with E-state index in [1.807, 2.05) is 30.3 Å². The van der Waals surface area contributed by atoms with Crippen molar-refractivity contribution in [3.05, 3.63) is 64.6 Å². The Labute approximate surface area is 249 Å². The molecule has 2 bridgehead atoms. The maximum Gasteiger partial charge on any atom is 0.278 e. The second-order valence-electron chi connectivity index (χ2n) is 11.2. The van der Waals surface area contributed by atoms with Crippen molar-refractivity contribution < 1.29 is 9.53 Å². The van der Waals surface area contributed by atoms with E-state index in [1.165, 1.54) is 0 Å². The second kappa shape index (κ2) is 11.2. The van der Waals surface area contributed by atoms with Gasteiger partial charge in [-0.2, -0.15) is 4.98 Å². The number of hydrogen-bond donors (Lipinski definition) is 1. The largest absolute Gasteiger partial charge is 0.495 e. The fraction of sp³-hybridized carbons (Fsp3) is 0.387. The lowest BCUT2D eigenvalue weighted by Crippen LogP contribution is -2.44. The highest BCUT2D eigenvalue weighted by Crippen LogP contribution is 2.33. The average molecular weight is 582 g/mol. The van der Waals surface area contributed by atoms with Crippen molar-refractivity contribution >= 4 is 40.1 Å². The van der Waals surface area contributed by atoms with E-state index in [1.54, 1.807) is 27.6 Å². The van der Waals surface area contributed by atoms with Gasteiger partial charge in [-0.1, -0.05) is 18.2 Å². The van der Waals surface area contributed by atoms with Crippen LogP contribution < -0.4 is 25.4 Å². The van der Waals surface area contributed by atoms with Gasteiger partial charge in [0.2, 0.25) is 11.9 Å². The normalized spacial score (nSPS) is 18.1. The number of allylic oxidation sites excluding steroid dienone is 2. The lowest BCUT2D eigenvalue weighted by Gasteiger charge is -2.34. The molecule has 1 amide bonds. The fourth-order valence-electron chi connectivity index (χ4n) is 6.08. The van der Waals surface area contributed by atoms with E-state index < -0.39 is 0 Å². The Bertz CT molecular complexity index is 1790. The molecule has 43 heavy (non-hydrogen) atoms. The number of nitrogens with one attached hydrogen (secondary N) is 1. The molecule has 0 unspecified atom stereocenters. The number of ether oxygens (including phenoxy) is 1. The zero-order valence-electron chi connectivity index (χ0n) is 24.5. The molecule has 7 rings (SSSR count). The summed E-state index contributed by atoms with van der Waals surface area (Å²) in [4.78, 5) is 47.1. The van der Waals surface area contributed by atoms with E-state index in [0.29, 0.717) is 54.5 Å². The molecule has 3 aromatic heterocycles. The van der Waals surface area contributed by atoms with Crippen LogP contribution in [0.5, 0.6) is 5.75 Å². The molecule has 1 aromatic carbocycles. The molecule has 0 radical (unpaired) electrons. The van der Waals surface area contributed by atoms with E-state index in [0.717, 1.165) is 61.7 Å². The summed E-state index contributed by atoms with van der Waals surface area (Å²) in [7, 11) is 3.81. The smallest absolute Gasteiger partial charge is 0.278 e. The first-order valence-corrected chi connectivity index (χ1v) is 14.8. The molecule has 1 saturated heterocycles. The van der Waals surface area contributed by atoms with Gasteiger partial charge in [0, 0.05) is 57.1 Å². The van der Waals surface area contributed by atoms with Gasteiger partial charge in [-0.15, -0.1) is 0 Å². The summed E-state index contributed by atoms with van der Waals surface area (Å²) >= 11 is 0. The molecule has 1 N–H and O–H groups in total. The van der Waals surface area contributed by atoms with Gasteiger partial charge in [0.1, 0.15) is 17.0 Å². The van der Waals surface area contributed by atoms with Crippen LogP contribution in [-0.4, -0.2) is 82.0 Å². The molecule has 0 atom stereocenters. The molecule has 4 aromatic rings. The number of likely N-dealkylation sites (N-methyl/N-ethyl adjacent to an activating group) is 1. The Morgan fingerprint density at radius 2 is 1.81 bits per heavy atom. The van der Waals surface area contributed by atoms with Gasteiger partial charge in [-0.25, -0.2) is 19.3 Å². The zero-order valence-corrected chi connectivity index (χ0v) is 24.5. The highest BCUT2D eigenvalue weighted by molar-refractivity contribution is 5.95.